The number of benzene rings is 1. The maximum atomic E-state index is 9.24. The molecule has 0 N–H and O–H groups in total. The molecule has 0 bridgehead atoms. The average molecular weight is 564 g/mol. The lowest BCUT2D eigenvalue weighted by Crippen LogP contribution is -2.41. The number of ether oxygens (including phenoxy) is 1. The van der Waals surface area contributed by atoms with Gasteiger partial charge in [0.25, 0.3) is 0 Å². The zero-order chi connectivity index (χ0) is 29.7. The second-order valence-corrected chi connectivity index (χ2v) is 17.5. The van der Waals surface area contributed by atoms with E-state index in [0.717, 1.165) is 60.0 Å². The first kappa shape index (κ1) is 31.6. The molecule has 1 aliphatic rings. The highest BCUT2D eigenvalue weighted by Crippen LogP contribution is 2.42. The summed E-state index contributed by atoms with van der Waals surface area (Å²) >= 11 is 0. The van der Waals surface area contributed by atoms with Crippen LogP contribution in [0.15, 0.2) is 35.1 Å². The van der Waals surface area contributed by atoms with Crippen LogP contribution in [0, 0.1) is 24.2 Å². The van der Waals surface area contributed by atoms with Crippen molar-refractivity contribution in [1.82, 2.24) is 14.5 Å². The van der Waals surface area contributed by atoms with Crippen molar-refractivity contribution in [2.75, 3.05) is 14.2 Å². The molecule has 3 rings (SSSR count). The van der Waals surface area contributed by atoms with Gasteiger partial charge in [0.15, 0.2) is 8.32 Å². The van der Waals surface area contributed by atoms with E-state index < -0.39 is 8.32 Å². The van der Waals surface area contributed by atoms with Gasteiger partial charge in [0.2, 0.25) is 0 Å². The smallest absolute Gasteiger partial charge is 0.193 e. The summed E-state index contributed by atoms with van der Waals surface area (Å²) in [6, 6.07) is 10.8. The molecule has 1 aromatic carbocycles. The minimum absolute atomic E-state index is 0.107. The predicted molar refractivity (Wildman–Crippen MR) is 167 cm³/mol. The number of nitrogens with zero attached hydrogens (tertiary/aromatic N) is 5. The summed E-state index contributed by atoms with van der Waals surface area (Å²) in [7, 11) is 1.71. The van der Waals surface area contributed by atoms with E-state index in [-0.39, 0.29) is 11.1 Å². The monoisotopic (exact) mass is 563 g/mol. The zero-order valence-corrected chi connectivity index (χ0v) is 27.1. The fourth-order valence-corrected chi connectivity index (χ4v) is 6.66. The second kappa shape index (κ2) is 13.2. The van der Waals surface area contributed by atoms with Crippen LogP contribution in [0.25, 0.3) is 6.08 Å². The highest BCUT2D eigenvalue weighted by molar-refractivity contribution is 6.74. The molecule has 7 nitrogen and oxygen atoms in total. The van der Waals surface area contributed by atoms with Crippen molar-refractivity contribution in [1.29, 1.82) is 5.26 Å². The average Bonchev–Trinajstić information content (AvgIpc) is 3.23. The van der Waals surface area contributed by atoms with E-state index in [1.165, 1.54) is 0 Å². The zero-order valence-electron chi connectivity index (χ0n) is 26.1. The van der Waals surface area contributed by atoms with Gasteiger partial charge < -0.3 is 18.6 Å². The fourth-order valence-electron chi connectivity index (χ4n) is 5.32. The summed E-state index contributed by atoms with van der Waals surface area (Å²) in [6.45, 7) is 20.2. The molecule has 40 heavy (non-hydrogen) atoms. The van der Waals surface area contributed by atoms with Crippen molar-refractivity contribution in [3.8, 4) is 11.8 Å². The Morgan fingerprint density at radius 1 is 1.25 bits per heavy atom. The van der Waals surface area contributed by atoms with Crippen molar-refractivity contribution in [3.63, 3.8) is 0 Å². The van der Waals surface area contributed by atoms with Gasteiger partial charge in [0.05, 0.1) is 24.6 Å². The third-order valence-corrected chi connectivity index (χ3v) is 13.3. The van der Waals surface area contributed by atoms with Crippen LogP contribution in [-0.4, -0.2) is 43.6 Å². The van der Waals surface area contributed by atoms with Crippen LogP contribution in [0.4, 0.5) is 0 Å². The van der Waals surface area contributed by atoms with E-state index in [4.69, 9.17) is 14.1 Å². The largest absolute Gasteiger partial charge is 0.497 e. The van der Waals surface area contributed by atoms with Gasteiger partial charge in [0, 0.05) is 32.1 Å². The number of aryl methyl sites for hydroxylation is 1. The Balaban J connectivity index is 2.00. The van der Waals surface area contributed by atoms with Gasteiger partial charge in [-0.05, 0) is 88.0 Å². The lowest BCUT2D eigenvalue weighted by Gasteiger charge is -2.39. The van der Waals surface area contributed by atoms with Gasteiger partial charge in [0.1, 0.15) is 23.5 Å². The van der Waals surface area contributed by atoms with Crippen LogP contribution in [0.1, 0.15) is 94.7 Å². The number of imidazole rings is 1. The van der Waals surface area contributed by atoms with Gasteiger partial charge in [-0.25, -0.2) is 9.98 Å². The molecule has 0 aliphatic heterocycles. The third kappa shape index (κ3) is 7.44. The number of hydrogen-bond acceptors (Lipinski definition) is 6. The first-order valence-electron chi connectivity index (χ1n) is 14.5. The highest BCUT2D eigenvalue weighted by Gasteiger charge is 2.40. The molecule has 0 amide bonds. The Kier molecular flexibility index (Phi) is 10.4. The molecule has 0 spiro atoms. The van der Waals surface area contributed by atoms with Gasteiger partial charge in [-0.1, -0.05) is 32.9 Å². The SMILES string of the molecule is C=N/C(=C\c1c(C)nc([C@@H](C)O[Si](C)(C)C(C)(C)C)n1[C@H]1CC[C@H](CC#N)CC1)N(C)Cc1ccc(OC)cc1. The quantitative estimate of drug-likeness (QED) is 0.204. The number of aromatic nitrogens is 2. The van der Waals surface area contributed by atoms with Gasteiger partial charge in [-0.3, -0.25) is 0 Å². The molecule has 1 saturated carbocycles. The van der Waals surface area contributed by atoms with Crippen molar-refractivity contribution in [3.05, 3.63) is 52.9 Å². The molecule has 1 aliphatic carbocycles. The number of aliphatic imine (C=N–C) groups is 1. The lowest BCUT2D eigenvalue weighted by molar-refractivity contribution is 0.178. The topological polar surface area (TPSA) is 75.7 Å². The summed E-state index contributed by atoms with van der Waals surface area (Å²) in [5, 5.41) is 9.34. The van der Waals surface area contributed by atoms with E-state index >= 15 is 0 Å². The van der Waals surface area contributed by atoms with E-state index in [0.29, 0.717) is 24.9 Å². The molecule has 1 heterocycles. The van der Waals surface area contributed by atoms with E-state index in [2.05, 4.69) is 93.2 Å². The molecule has 218 valence electrons. The summed E-state index contributed by atoms with van der Waals surface area (Å²) in [4.78, 5) is 11.7. The molecule has 1 atom stereocenters. The number of rotatable bonds is 11. The van der Waals surface area contributed by atoms with Crippen molar-refractivity contribution in [2.24, 2.45) is 10.9 Å². The lowest BCUT2D eigenvalue weighted by atomic mass is 9.84. The molecule has 1 fully saturated rings. The Morgan fingerprint density at radius 3 is 2.40 bits per heavy atom. The van der Waals surface area contributed by atoms with Crippen LogP contribution >= 0.6 is 0 Å². The molecule has 8 heteroatoms. The normalized spacial score (nSPS) is 19.1. The second-order valence-electron chi connectivity index (χ2n) is 12.7. The number of nitriles is 1. The van der Waals surface area contributed by atoms with Crippen LogP contribution < -0.4 is 4.74 Å². The summed E-state index contributed by atoms with van der Waals surface area (Å²) < 4.78 is 14.6. The third-order valence-electron chi connectivity index (χ3n) is 8.76. The first-order chi connectivity index (χ1) is 18.8. The minimum atomic E-state index is -2.01. The van der Waals surface area contributed by atoms with Crippen LogP contribution in [0.2, 0.25) is 18.1 Å². The summed E-state index contributed by atoms with van der Waals surface area (Å²) in [5.74, 6) is 3.10. The molecule has 2 aromatic rings. The molecule has 1 aromatic heterocycles. The first-order valence-corrected chi connectivity index (χ1v) is 17.4. The summed E-state index contributed by atoms with van der Waals surface area (Å²) in [5.41, 5.74) is 3.20. The highest BCUT2D eigenvalue weighted by atomic mass is 28.4. The van der Waals surface area contributed by atoms with Gasteiger partial charge in [-0.15, -0.1) is 0 Å². The van der Waals surface area contributed by atoms with Crippen molar-refractivity contribution < 1.29 is 9.16 Å². The van der Waals surface area contributed by atoms with Gasteiger partial charge in [-0.2, -0.15) is 5.26 Å². The maximum absolute atomic E-state index is 9.24. The Labute approximate surface area is 243 Å². The summed E-state index contributed by atoms with van der Waals surface area (Å²) in [6.07, 6.45) is 6.81. The van der Waals surface area contributed by atoms with E-state index in [9.17, 15) is 5.26 Å². The van der Waals surface area contributed by atoms with Crippen LogP contribution in [-0.2, 0) is 11.0 Å². The molecule has 0 saturated heterocycles. The standard InChI is InChI=1S/C32H49N5O2Si/c1-23-29(21-30(34-6)36(7)22-26-13-17-28(38-8)18-14-26)37(27-15-11-25(12-16-27)19-20-33)31(35-23)24(2)39-40(9,10)32(3,4)5/h13-14,17-18,21,24-25,27H,6,11-12,15-16,19,22H2,1-5,7-10H3/b30-21+/t24-,25-,27-/m1/s1. The molecule has 0 unspecified atom stereocenters. The fraction of sp³-hybridized carbons (Fsp3) is 0.594. The van der Waals surface area contributed by atoms with Crippen molar-refractivity contribution in [2.45, 2.75) is 104 Å². The molecule has 0 radical (unpaired) electrons. The molecular weight excluding hydrogens is 514 g/mol. The van der Waals surface area contributed by atoms with Crippen molar-refractivity contribution >= 4 is 21.1 Å². The van der Waals surface area contributed by atoms with Crippen LogP contribution in [0.3, 0.4) is 0 Å². The Hall–Kier alpha value is -2.89. The van der Waals surface area contributed by atoms with Crippen LogP contribution in [0.5, 0.6) is 5.75 Å². The minimum Gasteiger partial charge on any atom is -0.497 e. The maximum Gasteiger partial charge on any atom is 0.193 e. The number of hydrogen-bond donors (Lipinski definition) is 0. The van der Waals surface area contributed by atoms with Gasteiger partial charge >= 0.3 is 0 Å². The number of methoxy groups -OCH3 is 1. The Bertz CT molecular complexity index is 1210. The molecular formula is C32H49N5O2Si. The Morgan fingerprint density at radius 2 is 1.88 bits per heavy atom. The van der Waals surface area contributed by atoms with E-state index in [1.54, 1.807) is 7.11 Å². The van der Waals surface area contributed by atoms with E-state index in [1.807, 2.05) is 19.2 Å². The predicted octanol–water partition coefficient (Wildman–Crippen LogP) is 8.06.